The van der Waals surface area contributed by atoms with Gasteiger partial charge in [-0.2, -0.15) is 0 Å². The number of aromatic nitrogens is 2. The average molecular weight is 338 g/mol. The average Bonchev–Trinajstić information content (AvgIpc) is 3.23. The van der Waals surface area contributed by atoms with Crippen LogP contribution >= 0.6 is 0 Å². The number of hydrogen-bond donors (Lipinski definition) is 2. The van der Waals surface area contributed by atoms with Gasteiger partial charge in [0, 0.05) is 6.54 Å². The van der Waals surface area contributed by atoms with E-state index in [0.29, 0.717) is 12.5 Å². The number of likely N-dealkylation sites (tertiary alicyclic amines) is 1. The fourth-order valence-electron chi connectivity index (χ4n) is 3.35. The molecule has 1 atom stereocenters. The highest BCUT2D eigenvalue weighted by atomic mass is 19.1. The number of rotatable bonds is 4. The van der Waals surface area contributed by atoms with Gasteiger partial charge in [0.2, 0.25) is 11.9 Å². The molecule has 6 heteroatoms. The van der Waals surface area contributed by atoms with E-state index in [9.17, 15) is 9.18 Å². The number of benzene rings is 2. The Kier molecular flexibility index (Phi) is 4.19. The summed E-state index contributed by atoms with van der Waals surface area (Å²) in [7, 11) is 0. The van der Waals surface area contributed by atoms with Crippen LogP contribution in [0.25, 0.3) is 11.0 Å². The third-order valence-electron chi connectivity index (χ3n) is 4.60. The first-order chi connectivity index (χ1) is 12.2. The normalized spacial score (nSPS) is 17.9. The first-order valence-corrected chi connectivity index (χ1v) is 8.43. The zero-order valence-electron chi connectivity index (χ0n) is 13.7. The van der Waals surface area contributed by atoms with Crippen molar-refractivity contribution in [1.29, 1.82) is 0 Å². The molecule has 0 saturated carbocycles. The number of aromatic amines is 1. The molecule has 1 saturated heterocycles. The van der Waals surface area contributed by atoms with Crippen LogP contribution in [0.15, 0.2) is 48.5 Å². The van der Waals surface area contributed by atoms with E-state index in [1.807, 2.05) is 24.3 Å². The van der Waals surface area contributed by atoms with Crippen LogP contribution in [0.5, 0.6) is 0 Å². The van der Waals surface area contributed by atoms with Gasteiger partial charge in [-0.25, -0.2) is 9.37 Å². The predicted octanol–water partition coefficient (Wildman–Crippen LogP) is 3.31. The summed E-state index contributed by atoms with van der Waals surface area (Å²) >= 11 is 0. The quantitative estimate of drug-likeness (QED) is 0.767. The smallest absolute Gasteiger partial charge is 0.244 e. The summed E-state index contributed by atoms with van der Waals surface area (Å²) in [6.45, 7) is 1.49. The summed E-state index contributed by atoms with van der Waals surface area (Å²) in [5.41, 5.74) is 2.73. The summed E-state index contributed by atoms with van der Waals surface area (Å²) in [6, 6.07) is 13.9. The van der Waals surface area contributed by atoms with Crippen LogP contribution in [0.3, 0.4) is 0 Å². The Morgan fingerprint density at radius 2 is 2.04 bits per heavy atom. The van der Waals surface area contributed by atoms with Crippen molar-refractivity contribution in [3.8, 4) is 0 Å². The van der Waals surface area contributed by atoms with Crippen LogP contribution in [-0.2, 0) is 11.3 Å². The van der Waals surface area contributed by atoms with Crippen molar-refractivity contribution < 1.29 is 9.18 Å². The molecule has 3 aromatic rings. The summed E-state index contributed by atoms with van der Waals surface area (Å²) in [5.74, 6) is 0.169. The molecule has 1 aromatic heterocycles. The molecule has 0 aliphatic carbocycles. The monoisotopic (exact) mass is 338 g/mol. The van der Waals surface area contributed by atoms with Gasteiger partial charge in [-0.15, -0.1) is 0 Å². The molecule has 1 aliphatic heterocycles. The number of halogens is 1. The number of hydrogen-bond acceptors (Lipinski definition) is 3. The highest BCUT2D eigenvalue weighted by Crippen LogP contribution is 2.22. The van der Waals surface area contributed by atoms with Crippen LogP contribution in [0.1, 0.15) is 18.4 Å². The Bertz CT molecular complexity index is 857. The Morgan fingerprint density at radius 3 is 2.84 bits per heavy atom. The van der Waals surface area contributed by atoms with Gasteiger partial charge in [-0.1, -0.05) is 24.3 Å². The molecule has 2 N–H and O–H groups in total. The molecular weight excluding hydrogens is 319 g/mol. The number of fused-ring (bicyclic) bond motifs is 1. The van der Waals surface area contributed by atoms with E-state index in [2.05, 4.69) is 20.2 Å². The highest BCUT2D eigenvalue weighted by molar-refractivity contribution is 5.95. The molecule has 5 nitrogen and oxygen atoms in total. The molecule has 0 radical (unpaired) electrons. The van der Waals surface area contributed by atoms with Crippen LogP contribution in [-0.4, -0.2) is 33.4 Å². The topological polar surface area (TPSA) is 61.0 Å². The van der Waals surface area contributed by atoms with Gasteiger partial charge >= 0.3 is 0 Å². The third-order valence-corrected chi connectivity index (χ3v) is 4.60. The minimum atomic E-state index is -0.246. The Hall–Kier alpha value is -2.73. The first kappa shape index (κ1) is 15.8. The number of carbonyl (C=O) groups excluding carboxylic acids is 1. The van der Waals surface area contributed by atoms with Crippen molar-refractivity contribution in [1.82, 2.24) is 14.9 Å². The van der Waals surface area contributed by atoms with E-state index >= 15 is 0 Å². The zero-order chi connectivity index (χ0) is 17.2. The van der Waals surface area contributed by atoms with Gasteiger partial charge in [0.05, 0.1) is 17.1 Å². The first-order valence-electron chi connectivity index (χ1n) is 8.43. The van der Waals surface area contributed by atoms with Gasteiger partial charge in [0.15, 0.2) is 0 Å². The van der Waals surface area contributed by atoms with Crippen LogP contribution < -0.4 is 5.32 Å². The van der Waals surface area contributed by atoms with Crippen molar-refractivity contribution in [2.75, 3.05) is 11.9 Å². The van der Waals surface area contributed by atoms with E-state index < -0.39 is 0 Å². The maximum Gasteiger partial charge on any atom is 0.244 e. The minimum Gasteiger partial charge on any atom is -0.324 e. The maximum absolute atomic E-state index is 13.0. The molecule has 2 heterocycles. The summed E-state index contributed by atoms with van der Waals surface area (Å²) < 4.78 is 13.0. The number of carbonyl (C=O) groups is 1. The van der Waals surface area contributed by atoms with Crippen molar-refractivity contribution in [3.05, 3.63) is 59.9 Å². The highest BCUT2D eigenvalue weighted by Gasteiger charge is 2.31. The van der Waals surface area contributed by atoms with Gasteiger partial charge in [-0.05, 0) is 49.2 Å². The number of nitrogens with one attached hydrogen (secondary N) is 2. The van der Waals surface area contributed by atoms with E-state index in [1.165, 1.54) is 12.1 Å². The second-order valence-corrected chi connectivity index (χ2v) is 6.35. The van der Waals surface area contributed by atoms with Gasteiger partial charge in [-0.3, -0.25) is 15.0 Å². The third kappa shape index (κ3) is 3.39. The number of imidazole rings is 1. The van der Waals surface area contributed by atoms with Crippen molar-refractivity contribution >= 4 is 22.9 Å². The second kappa shape index (κ2) is 6.64. The van der Waals surface area contributed by atoms with Crippen LogP contribution in [0, 0.1) is 5.82 Å². The van der Waals surface area contributed by atoms with E-state index in [4.69, 9.17) is 0 Å². The molecule has 1 fully saturated rings. The van der Waals surface area contributed by atoms with Crippen molar-refractivity contribution in [2.45, 2.75) is 25.4 Å². The zero-order valence-corrected chi connectivity index (χ0v) is 13.7. The lowest BCUT2D eigenvalue weighted by atomic mass is 10.1. The molecule has 128 valence electrons. The molecule has 25 heavy (non-hydrogen) atoms. The minimum absolute atomic E-state index is 0.0568. The standard InChI is InChI=1S/C19H19FN4O/c20-14-9-7-13(8-10-14)12-24-11-3-6-17(24)18(25)23-19-21-15-4-1-2-5-16(15)22-19/h1-2,4-5,7-10,17H,3,6,11-12H2,(H2,21,22,23,25)/t17-/m0/s1. The Labute approximate surface area is 144 Å². The fraction of sp³-hybridized carbons (Fsp3) is 0.263. The summed E-state index contributed by atoms with van der Waals surface area (Å²) in [6.07, 6.45) is 1.78. The molecule has 2 aromatic carbocycles. The Balaban J connectivity index is 1.45. The summed E-state index contributed by atoms with van der Waals surface area (Å²) in [5, 5.41) is 2.89. The van der Waals surface area contributed by atoms with Crippen LogP contribution in [0.2, 0.25) is 0 Å². The van der Waals surface area contributed by atoms with Gasteiger partial charge in [0.1, 0.15) is 5.82 Å². The maximum atomic E-state index is 13.0. The SMILES string of the molecule is O=C(Nc1nc2ccccc2[nH]1)[C@@H]1CCCN1Cc1ccc(F)cc1. The largest absolute Gasteiger partial charge is 0.324 e. The lowest BCUT2D eigenvalue weighted by Crippen LogP contribution is -2.39. The second-order valence-electron chi connectivity index (χ2n) is 6.35. The van der Waals surface area contributed by atoms with E-state index in [-0.39, 0.29) is 17.8 Å². The molecule has 0 unspecified atom stereocenters. The van der Waals surface area contributed by atoms with Gasteiger partial charge < -0.3 is 4.98 Å². The molecular formula is C19H19FN4O. The lowest BCUT2D eigenvalue weighted by Gasteiger charge is -2.23. The van der Waals surface area contributed by atoms with E-state index in [0.717, 1.165) is 36.0 Å². The van der Waals surface area contributed by atoms with Crippen molar-refractivity contribution in [3.63, 3.8) is 0 Å². The molecule has 4 rings (SSSR count). The predicted molar refractivity (Wildman–Crippen MR) is 94.6 cm³/mol. The van der Waals surface area contributed by atoms with Crippen LogP contribution in [0.4, 0.5) is 10.3 Å². The number of anilines is 1. The molecule has 1 amide bonds. The van der Waals surface area contributed by atoms with E-state index in [1.54, 1.807) is 12.1 Å². The molecule has 1 aliphatic rings. The number of nitrogens with zero attached hydrogens (tertiary/aromatic N) is 2. The lowest BCUT2D eigenvalue weighted by molar-refractivity contribution is -0.120. The number of para-hydroxylation sites is 2. The molecule has 0 spiro atoms. The van der Waals surface area contributed by atoms with Gasteiger partial charge in [0.25, 0.3) is 0 Å². The molecule has 0 bridgehead atoms. The fourth-order valence-corrected chi connectivity index (χ4v) is 3.35. The van der Waals surface area contributed by atoms with Crippen molar-refractivity contribution in [2.24, 2.45) is 0 Å². The number of amides is 1. The summed E-state index contributed by atoms with van der Waals surface area (Å²) in [4.78, 5) is 22.3. The number of H-pyrrole nitrogens is 1. The Morgan fingerprint density at radius 1 is 1.24 bits per heavy atom.